The second-order valence-corrected chi connectivity index (χ2v) is 14.8. The van der Waals surface area contributed by atoms with Crippen molar-refractivity contribution in [2.24, 2.45) is 0 Å². The zero-order valence-corrected chi connectivity index (χ0v) is 29.1. The molecular weight excluding hydrogens is 629 g/mol. The zero-order valence-electron chi connectivity index (χ0n) is 29.1. The van der Waals surface area contributed by atoms with Gasteiger partial charge in [0.2, 0.25) is 0 Å². The van der Waals surface area contributed by atoms with Gasteiger partial charge in [0, 0.05) is 21.8 Å². The van der Waals surface area contributed by atoms with Crippen LogP contribution in [0.4, 0.5) is 0 Å². The van der Waals surface area contributed by atoms with E-state index in [2.05, 4.69) is 184 Å². The van der Waals surface area contributed by atoms with Gasteiger partial charge in [-0.25, -0.2) is 0 Å². The fraction of sp³-hybridized carbons (Fsp3) is 0.0588. The molecule has 1 aliphatic rings. The largest absolute Gasteiger partial charge is 0.455 e. The van der Waals surface area contributed by atoms with Crippen molar-refractivity contribution in [1.82, 2.24) is 0 Å². The summed E-state index contributed by atoms with van der Waals surface area (Å²) in [4.78, 5) is 0. The molecule has 1 aliphatic carbocycles. The molecule has 10 aromatic rings. The summed E-state index contributed by atoms with van der Waals surface area (Å²) in [6.45, 7) is 4.71. The first-order valence-electron chi connectivity index (χ1n) is 18.2. The minimum absolute atomic E-state index is 0.134. The topological polar surface area (TPSA) is 13.1 Å². The Kier molecular flexibility index (Phi) is 6.08. The maximum Gasteiger partial charge on any atom is 0.143 e. The minimum Gasteiger partial charge on any atom is -0.455 e. The standard InChI is InChI=1S/C51H34O/c1-51(2)44-29-28-42-37-26-25-35(30-45(37)52-50(42)48(44)43-27-24-33-14-6-7-15-36(33)49(43)51)47-40-18-10-8-16-38(40)46(39-17-9-11-19-41(39)47)34-22-20-32(21-23-34)31-12-4-3-5-13-31/h3-30H,1-2H3. The van der Waals surface area contributed by atoms with Crippen LogP contribution in [0.2, 0.25) is 0 Å². The maximum absolute atomic E-state index is 6.98. The molecule has 52 heavy (non-hydrogen) atoms. The average molecular weight is 663 g/mol. The summed E-state index contributed by atoms with van der Waals surface area (Å²) >= 11 is 0. The molecule has 1 nitrogen and oxygen atoms in total. The van der Waals surface area contributed by atoms with Crippen LogP contribution in [0.5, 0.6) is 0 Å². The molecule has 0 bridgehead atoms. The van der Waals surface area contributed by atoms with Gasteiger partial charge < -0.3 is 4.42 Å². The molecule has 0 spiro atoms. The van der Waals surface area contributed by atoms with Gasteiger partial charge in [-0.2, -0.15) is 0 Å². The van der Waals surface area contributed by atoms with Crippen LogP contribution in [-0.4, -0.2) is 0 Å². The number of hydrogen-bond acceptors (Lipinski definition) is 1. The lowest BCUT2D eigenvalue weighted by molar-refractivity contribution is 0.656. The Morgan fingerprint density at radius 1 is 0.385 bits per heavy atom. The van der Waals surface area contributed by atoms with Crippen LogP contribution in [0.1, 0.15) is 25.0 Å². The summed E-state index contributed by atoms with van der Waals surface area (Å²) in [5, 5.41) is 9.89. The summed E-state index contributed by atoms with van der Waals surface area (Å²) in [6, 6.07) is 62.2. The molecule has 9 aromatic carbocycles. The molecule has 0 saturated carbocycles. The van der Waals surface area contributed by atoms with Crippen molar-refractivity contribution in [2.75, 3.05) is 0 Å². The Labute approximate surface area is 302 Å². The predicted molar refractivity (Wildman–Crippen MR) is 220 cm³/mol. The maximum atomic E-state index is 6.98. The van der Waals surface area contributed by atoms with Crippen LogP contribution in [0.25, 0.3) is 98.8 Å². The van der Waals surface area contributed by atoms with Crippen LogP contribution in [0.15, 0.2) is 174 Å². The fourth-order valence-electron chi connectivity index (χ4n) is 9.28. The van der Waals surface area contributed by atoms with Gasteiger partial charge in [0.1, 0.15) is 11.2 Å². The Morgan fingerprint density at radius 3 is 1.62 bits per heavy atom. The quantitative estimate of drug-likeness (QED) is 0.172. The first kappa shape index (κ1) is 29.3. The molecule has 1 heteroatoms. The van der Waals surface area contributed by atoms with E-state index in [1.54, 1.807) is 0 Å². The van der Waals surface area contributed by atoms with Gasteiger partial charge >= 0.3 is 0 Å². The van der Waals surface area contributed by atoms with Gasteiger partial charge in [-0.1, -0.05) is 172 Å². The smallest absolute Gasteiger partial charge is 0.143 e. The van der Waals surface area contributed by atoms with Gasteiger partial charge in [0.05, 0.1) is 0 Å². The molecule has 0 atom stereocenters. The van der Waals surface area contributed by atoms with E-state index in [4.69, 9.17) is 4.42 Å². The number of fused-ring (bicyclic) bond motifs is 11. The highest BCUT2D eigenvalue weighted by Gasteiger charge is 2.39. The van der Waals surface area contributed by atoms with Crippen LogP contribution < -0.4 is 0 Å². The molecule has 11 rings (SSSR count). The van der Waals surface area contributed by atoms with E-state index < -0.39 is 0 Å². The van der Waals surface area contributed by atoms with Crippen molar-refractivity contribution in [3.8, 4) is 44.5 Å². The summed E-state index contributed by atoms with van der Waals surface area (Å²) < 4.78 is 6.98. The Morgan fingerprint density at radius 2 is 0.923 bits per heavy atom. The van der Waals surface area contributed by atoms with Gasteiger partial charge in [-0.3, -0.25) is 0 Å². The van der Waals surface area contributed by atoms with Gasteiger partial charge in [-0.15, -0.1) is 0 Å². The van der Waals surface area contributed by atoms with Gasteiger partial charge in [0.25, 0.3) is 0 Å². The minimum atomic E-state index is -0.134. The molecule has 0 N–H and O–H groups in total. The molecule has 0 unspecified atom stereocenters. The van der Waals surface area contributed by atoms with Crippen molar-refractivity contribution in [2.45, 2.75) is 19.3 Å². The highest BCUT2D eigenvalue weighted by Crippen LogP contribution is 2.55. The van der Waals surface area contributed by atoms with E-state index in [1.807, 2.05) is 0 Å². The van der Waals surface area contributed by atoms with Crippen LogP contribution >= 0.6 is 0 Å². The molecule has 244 valence electrons. The Balaban J connectivity index is 1.12. The van der Waals surface area contributed by atoms with Crippen molar-refractivity contribution < 1.29 is 4.42 Å². The van der Waals surface area contributed by atoms with E-state index in [9.17, 15) is 0 Å². The van der Waals surface area contributed by atoms with Crippen molar-refractivity contribution in [3.63, 3.8) is 0 Å². The first-order chi connectivity index (χ1) is 25.6. The molecule has 1 aromatic heterocycles. The Hall–Kier alpha value is -6.44. The molecule has 0 radical (unpaired) electrons. The molecule has 0 aliphatic heterocycles. The van der Waals surface area contributed by atoms with E-state index in [1.165, 1.54) is 87.8 Å². The van der Waals surface area contributed by atoms with Crippen LogP contribution in [0, 0.1) is 0 Å². The monoisotopic (exact) mass is 662 g/mol. The third kappa shape index (κ3) is 4.05. The fourth-order valence-corrected chi connectivity index (χ4v) is 9.28. The molecule has 1 heterocycles. The average Bonchev–Trinajstić information content (AvgIpc) is 3.68. The highest BCUT2D eigenvalue weighted by molar-refractivity contribution is 6.22. The van der Waals surface area contributed by atoms with E-state index in [-0.39, 0.29) is 5.41 Å². The van der Waals surface area contributed by atoms with Crippen molar-refractivity contribution in [3.05, 3.63) is 181 Å². The van der Waals surface area contributed by atoms with E-state index in [0.717, 1.165) is 22.1 Å². The van der Waals surface area contributed by atoms with Gasteiger partial charge in [-0.05, 0) is 94.5 Å². The summed E-state index contributed by atoms with van der Waals surface area (Å²) in [5.74, 6) is 0. The third-order valence-corrected chi connectivity index (χ3v) is 11.6. The van der Waals surface area contributed by atoms with Gasteiger partial charge in [0.15, 0.2) is 0 Å². The molecule has 0 saturated heterocycles. The number of rotatable bonds is 3. The zero-order chi connectivity index (χ0) is 34.6. The van der Waals surface area contributed by atoms with E-state index >= 15 is 0 Å². The summed E-state index contributed by atoms with van der Waals surface area (Å²) in [7, 11) is 0. The van der Waals surface area contributed by atoms with Crippen molar-refractivity contribution in [1.29, 1.82) is 0 Å². The Bertz CT molecular complexity index is 3010. The second-order valence-electron chi connectivity index (χ2n) is 14.8. The van der Waals surface area contributed by atoms with Crippen LogP contribution in [0.3, 0.4) is 0 Å². The van der Waals surface area contributed by atoms with E-state index in [0.29, 0.717) is 0 Å². The first-order valence-corrected chi connectivity index (χ1v) is 18.2. The number of hydrogen-bond donors (Lipinski definition) is 0. The highest BCUT2D eigenvalue weighted by atomic mass is 16.3. The lowest BCUT2D eigenvalue weighted by Crippen LogP contribution is -2.15. The number of furan rings is 1. The SMILES string of the molecule is CC1(C)c2ccc3c(oc4cc(-c5c6ccccc6c(-c6ccc(-c7ccccc7)cc6)c6ccccc56)ccc43)c2-c2ccc3ccccc3c21. The molecular formula is C51H34O. The molecule has 0 amide bonds. The normalized spacial score (nSPS) is 13.3. The second kappa shape index (κ2) is 10.8. The number of benzene rings is 9. The lowest BCUT2D eigenvalue weighted by atomic mass is 9.80. The van der Waals surface area contributed by atoms with Crippen LogP contribution in [-0.2, 0) is 5.41 Å². The van der Waals surface area contributed by atoms with Crippen molar-refractivity contribution >= 4 is 54.3 Å². The lowest BCUT2D eigenvalue weighted by Gasteiger charge is -2.23. The summed E-state index contributed by atoms with van der Waals surface area (Å²) in [5.41, 5.74) is 14.3. The third-order valence-electron chi connectivity index (χ3n) is 11.6. The molecule has 0 fully saturated rings. The summed E-state index contributed by atoms with van der Waals surface area (Å²) in [6.07, 6.45) is 0. The predicted octanol–water partition coefficient (Wildman–Crippen LogP) is 14.4.